The van der Waals surface area contributed by atoms with Gasteiger partial charge in [-0.15, -0.1) is 0 Å². The van der Waals surface area contributed by atoms with Crippen molar-refractivity contribution in [2.75, 3.05) is 57.1 Å². The minimum Gasteiger partial charge on any atom is -0.482 e. The second kappa shape index (κ2) is 11.0. The predicted molar refractivity (Wildman–Crippen MR) is 132 cm³/mol. The average molecular weight is 489 g/mol. The number of hydrogen-bond donors (Lipinski definition) is 1. The maximum absolute atomic E-state index is 12.8. The van der Waals surface area contributed by atoms with Gasteiger partial charge in [0.05, 0.1) is 10.6 Å². The Balaban J connectivity index is 1.75. The Morgan fingerprint density at radius 3 is 2.38 bits per heavy atom. The molecule has 9 nitrogen and oxygen atoms in total. The molecule has 0 saturated carbocycles. The number of nitrogens with zero attached hydrogens (tertiary/aromatic N) is 3. The summed E-state index contributed by atoms with van der Waals surface area (Å²) < 4.78 is 32.2. The number of amides is 2. The Hall–Kier alpha value is -2.95. The smallest absolute Gasteiger partial charge is 0.265 e. The second-order valence-electron chi connectivity index (χ2n) is 8.24. The Labute approximate surface area is 201 Å². The number of anilines is 2. The molecule has 0 aromatic heterocycles. The Bertz CT molecular complexity index is 1130. The summed E-state index contributed by atoms with van der Waals surface area (Å²) in [6, 6.07) is 11.0. The molecule has 10 heteroatoms. The lowest BCUT2D eigenvalue weighted by Gasteiger charge is -2.30. The van der Waals surface area contributed by atoms with Gasteiger partial charge in [-0.2, -0.15) is 4.31 Å². The lowest BCUT2D eigenvalue weighted by atomic mass is 10.1. The van der Waals surface area contributed by atoms with E-state index in [9.17, 15) is 18.0 Å². The summed E-state index contributed by atoms with van der Waals surface area (Å²) in [7, 11) is 0.371. The molecule has 0 unspecified atom stereocenters. The van der Waals surface area contributed by atoms with Gasteiger partial charge < -0.3 is 19.9 Å². The van der Waals surface area contributed by atoms with Crippen LogP contribution in [0.5, 0.6) is 5.75 Å². The van der Waals surface area contributed by atoms with Crippen molar-refractivity contribution in [2.45, 2.75) is 25.2 Å². The van der Waals surface area contributed by atoms with Gasteiger partial charge in [0.1, 0.15) is 5.75 Å². The third-order valence-corrected chi connectivity index (χ3v) is 7.67. The summed E-state index contributed by atoms with van der Waals surface area (Å²) in [5.74, 6) is 0.0853. The van der Waals surface area contributed by atoms with Crippen molar-refractivity contribution in [1.82, 2.24) is 9.21 Å². The molecule has 34 heavy (non-hydrogen) atoms. The first-order valence-electron chi connectivity index (χ1n) is 11.3. The van der Waals surface area contributed by atoms with Crippen LogP contribution in [0.2, 0.25) is 0 Å². The standard InChI is InChI=1S/C24H32N4O5S/c1-5-27(6-2)34(31,32)20-11-8-18(9-12-20)24(30)25-19-10-13-22-21(16-19)28(23(29)17-33-22)15-7-14-26(3)4/h8-13,16H,5-7,14-15,17H2,1-4H3,(H,25,30). The molecular weight excluding hydrogens is 456 g/mol. The van der Waals surface area contributed by atoms with Crippen molar-refractivity contribution in [3.63, 3.8) is 0 Å². The molecule has 1 N–H and O–H groups in total. The molecular formula is C24H32N4O5S. The summed E-state index contributed by atoms with van der Waals surface area (Å²) >= 11 is 0. The van der Waals surface area contributed by atoms with E-state index in [-0.39, 0.29) is 23.3 Å². The van der Waals surface area contributed by atoms with Gasteiger partial charge in [-0.25, -0.2) is 8.42 Å². The monoisotopic (exact) mass is 488 g/mol. The Morgan fingerprint density at radius 2 is 1.76 bits per heavy atom. The first kappa shape index (κ1) is 25.7. The fourth-order valence-corrected chi connectivity index (χ4v) is 5.22. The minimum atomic E-state index is -3.59. The molecule has 1 aliphatic rings. The number of sulfonamides is 1. The molecule has 0 spiro atoms. The zero-order valence-corrected chi connectivity index (χ0v) is 20.9. The molecule has 0 radical (unpaired) electrons. The fourth-order valence-electron chi connectivity index (χ4n) is 3.76. The van der Waals surface area contributed by atoms with E-state index in [4.69, 9.17) is 4.74 Å². The SMILES string of the molecule is CCN(CC)S(=O)(=O)c1ccc(C(=O)Nc2ccc3c(c2)N(CCCN(C)C)C(=O)CO3)cc1. The number of ether oxygens (including phenoxy) is 1. The minimum absolute atomic E-state index is 0.0105. The molecule has 0 fully saturated rings. The summed E-state index contributed by atoms with van der Waals surface area (Å²) in [6.45, 7) is 5.69. The van der Waals surface area contributed by atoms with Crippen molar-refractivity contribution < 1.29 is 22.7 Å². The molecule has 2 amide bonds. The summed E-state index contributed by atoms with van der Waals surface area (Å²) in [5, 5.41) is 2.82. The molecule has 3 rings (SSSR count). The number of fused-ring (bicyclic) bond motifs is 1. The largest absolute Gasteiger partial charge is 0.482 e. The highest BCUT2D eigenvalue weighted by atomic mass is 32.2. The van der Waals surface area contributed by atoms with E-state index < -0.39 is 10.0 Å². The summed E-state index contributed by atoms with van der Waals surface area (Å²) in [6.07, 6.45) is 0.803. The molecule has 184 valence electrons. The van der Waals surface area contributed by atoms with E-state index in [2.05, 4.69) is 10.2 Å². The molecule has 0 aliphatic carbocycles. The van der Waals surface area contributed by atoms with E-state index in [1.54, 1.807) is 36.9 Å². The van der Waals surface area contributed by atoms with Crippen LogP contribution in [0.15, 0.2) is 47.4 Å². The number of carbonyl (C=O) groups is 2. The van der Waals surface area contributed by atoms with Gasteiger partial charge in [-0.1, -0.05) is 13.8 Å². The normalized spacial score (nSPS) is 13.7. The van der Waals surface area contributed by atoms with Crippen LogP contribution in [-0.2, 0) is 14.8 Å². The quantitative estimate of drug-likeness (QED) is 0.552. The first-order valence-corrected chi connectivity index (χ1v) is 12.7. The van der Waals surface area contributed by atoms with Gasteiger partial charge in [0.15, 0.2) is 6.61 Å². The summed E-state index contributed by atoms with van der Waals surface area (Å²) in [4.78, 5) is 29.1. The predicted octanol–water partition coefficient (Wildman–Crippen LogP) is 2.65. The van der Waals surface area contributed by atoms with E-state index in [0.29, 0.717) is 42.3 Å². The lowest BCUT2D eigenvalue weighted by Crippen LogP contribution is -2.40. The van der Waals surface area contributed by atoms with Gasteiger partial charge in [-0.05, 0) is 69.5 Å². The molecule has 0 bridgehead atoms. The Morgan fingerprint density at radius 1 is 1.09 bits per heavy atom. The van der Waals surface area contributed by atoms with Crippen LogP contribution in [0.1, 0.15) is 30.6 Å². The molecule has 2 aromatic carbocycles. The van der Waals surface area contributed by atoms with E-state index in [1.807, 2.05) is 14.1 Å². The molecule has 0 atom stereocenters. The van der Waals surface area contributed by atoms with Gasteiger partial charge in [0, 0.05) is 30.9 Å². The number of hydrogen-bond acceptors (Lipinski definition) is 6. The van der Waals surface area contributed by atoms with Crippen LogP contribution in [0.3, 0.4) is 0 Å². The fraction of sp³-hybridized carbons (Fsp3) is 0.417. The Kier molecular flexibility index (Phi) is 8.29. The highest BCUT2D eigenvalue weighted by Crippen LogP contribution is 2.35. The van der Waals surface area contributed by atoms with Crippen molar-refractivity contribution in [3.8, 4) is 5.75 Å². The van der Waals surface area contributed by atoms with Crippen LogP contribution in [0.25, 0.3) is 0 Å². The van der Waals surface area contributed by atoms with Gasteiger partial charge in [0.25, 0.3) is 11.8 Å². The molecule has 1 heterocycles. The topological polar surface area (TPSA) is 99.3 Å². The maximum atomic E-state index is 12.8. The van der Waals surface area contributed by atoms with E-state index in [1.165, 1.54) is 28.6 Å². The number of benzene rings is 2. The highest BCUT2D eigenvalue weighted by Gasteiger charge is 2.26. The third-order valence-electron chi connectivity index (χ3n) is 5.61. The van der Waals surface area contributed by atoms with Crippen LogP contribution in [-0.4, -0.2) is 76.3 Å². The van der Waals surface area contributed by atoms with Crippen LogP contribution >= 0.6 is 0 Å². The van der Waals surface area contributed by atoms with Gasteiger partial charge in [0.2, 0.25) is 10.0 Å². The molecule has 2 aromatic rings. The summed E-state index contributed by atoms with van der Waals surface area (Å²) in [5.41, 5.74) is 1.46. The van der Waals surface area contributed by atoms with E-state index in [0.717, 1.165) is 13.0 Å². The highest BCUT2D eigenvalue weighted by molar-refractivity contribution is 7.89. The van der Waals surface area contributed by atoms with Crippen molar-refractivity contribution in [3.05, 3.63) is 48.0 Å². The van der Waals surface area contributed by atoms with E-state index >= 15 is 0 Å². The van der Waals surface area contributed by atoms with Crippen LogP contribution in [0, 0.1) is 0 Å². The zero-order valence-electron chi connectivity index (χ0n) is 20.1. The number of carbonyl (C=O) groups excluding carboxylic acids is 2. The van der Waals surface area contributed by atoms with Crippen LogP contribution in [0.4, 0.5) is 11.4 Å². The second-order valence-corrected chi connectivity index (χ2v) is 10.2. The van der Waals surface area contributed by atoms with Gasteiger partial charge in [-0.3, -0.25) is 9.59 Å². The molecule has 1 aliphatic heterocycles. The van der Waals surface area contributed by atoms with Crippen LogP contribution < -0.4 is 15.0 Å². The first-order chi connectivity index (χ1) is 16.2. The van der Waals surface area contributed by atoms with Crippen molar-refractivity contribution in [1.29, 1.82) is 0 Å². The van der Waals surface area contributed by atoms with Gasteiger partial charge >= 0.3 is 0 Å². The zero-order chi connectivity index (χ0) is 24.9. The number of nitrogens with one attached hydrogen (secondary N) is 1. The van der Waals surface area contributed by atoms with Crippen molar-refractivity contribution in [2.24, 2.45) is 0 Å². The van der Waals surface area contributed by atoms with Crippen molar-refractivity contribution >= 4 is 33.2 Å². The number of rotatable bonds is 10. The average Bonchev–Trinajstić information content (AvgIpc) is 2.81. The third kappa shape index (κ3) is 5.75. The lowest BCUT2D eigenvalue weighted by molar-refractivity contribution is -0.121. The molecule has 0 saturated heterocycles. The maximum Gasteiger partial charge on any atom is 0.265 e.